The molecule has 0 amide bonds. The van der Waals surface area contributed by atoms with Crippen molar-refractivity contribution in [3.05, 3.63) is 65.2 Å². The molecule has 118 valence electrons. The number of hydrogen-bond acceptors (Lipinski definition) is 1. The highest BCUT2D eigenvalue weighted by atomic mass is 15.1. The predicted octanol–water partition coefficient (Wildman–Crippen LogP) is 5.41. The number of allylic oxidation sites excluding steroid dienone is 1. The van der Waals surface area contributed by atoms with Gasteiger partial charge in [-0.3, -0.25) is 0 Å². The Morgan fingerprint density at radius 2 is 1.83 bits per heavy atom. The van der Waals surface area contributed by atoms with Crippen molar-refractivity contribution >= 4 is 17.3 Å². The summed E-state index contributed by atoms with van der Waals surface area (Å²) in [4.78, 5) is 2.57. The maximum absolute atomic E-state index is 2.57. The molecule has 4 rings (SSSR count). The molecule has 0 saturated carbocycles. The van der Waals surface area contributed by atoms with E-state index in [9.17, 15) is 0 Å². The van der Waals surface area contributed by atoms with Crippen LogP contribution in [0.3, 0.4) is 0 Å². The predicted molar refractivity (Wildman–Crippen MR) is 99.7 cm³/mol. The lowest BCUT2D eigenvalue weighted by molar-refractivity contribution is 0.395. The molecule has 1 aliphatic carbocycles. The molecule has 0 unspecified atom stereocenters. The van der Waals surface area contributed by atoms with Gasteiger partial charge in [0.25, 0.3) is 0 Å². The van der Waals surface area contributed by atoms with Gasteiger partial charge in [0.2, 0.25) is 0 Å². The molecule has 0 spiro atoms. The van der Waals surface area contributed by atoms with Crippen LogP contribution in [-0.2, 0) is 6.42 Å². The maximum atomic E-state index is 2.57. The Morgan fingerprint density at radius 3 is 2.61 bits per heavy atom. The van der Waals surface area contributed by atoms with Crippen LogP contribution in [-0.4, -0.2) is 13.1 Å². The fourth-order valence-electron chi connectivity index (χ4n) is 3.97. The molecule has 0 bridgehead atoms. The zero-order valence-electron chi connectivity index (χ0n) is 14.0. The highest BCUT2D eigenvalue weighted by Gasteiger charge is 2.19. The lowest BCUT2D eigenvalue weighted by atomic mass is 9.94. The highest BCUT2D eigenvalue weighted by Crippen LogP contribution is 2.33. The van der Waals surface area contributed by atoms with E-state index in [1.165, 1.54) is 60.3 Å². The molecule has 0 radical (unpaired) electrons. The topological polar surface area (TPSA) is 3.24 Å². The summed E-state index contributed by atoms with van der Waals surface area (Å²) in [5.41, 5.74) is 7.08. The molecule has 1 saturated heterocycles. The molecular formula is C22H25N. The van der Waals surface area contributed by atoms with Crippen LogP contribution in [0.15, 0.2) is 48.5 Å². The van der Waals surface area contributed by atoms with Crippen molar-refractivity contribution in [1.29, 1.82) is 0 Å². The van der Waals surface area contributed by atoms with Crippen LogP contribution in [0.5, 0.6) is 0 Å². The van der Waals surface area contributed by atoms with E-state index in [1.807, 2.05) is 0 Å². The summed E-state index contributed by atoms with van der Waals surface area (Å²) >= 11 is 0. The molecule has 1 nitrogen and oxygen atoms in total. The van der Waals surface area contributed by atoms with Gasteiger partial charge >= 0.3 is 0 Å². The summed E-state index contributed by atoms with van der Waals surface area (Å²) in [6.45, 7) is 4.74. The minimum absolute atomic E-state index is 0.932. The number of piperidine rings is 1. The van der Waals surface area contributed by atoms with Crippen molar-refractivity contribution in [1.82, 2.24) is 0 Å². The van der Waals surface area contributed by atoms with E-state index >= 15 is 0 Å². The fraction of sp³-hybridized carbons (Fsp3) is 0.364. The second-order valence-electron chi connectivity index (χ2n) is 6.93. The zero-order valence-corrected chi connectivity index (χ0v) is 14.0. The van der Waals surface area contributed by atoms with Gasteiger partial charge in [0, 0.05) is 18.8 Å². The maximum Gasteiger partial charge on any atom is 0.0372 e. The lowest BCUT2D eigenvalue weighted by Gasteiger charge is -2.33. The summed E-state index contributed by atoms with van der Waals surface area (Å²) in [6, 6.07) is 17.9. The Labute approximate surface area is 139 Å². The van der Waals surface area contributed by atoms with Crippen LogP contribution in [0.2, 0.25) is 0 Å². The normalized spacial score (nSPS) is 18.0. The highest BCUT2D eigenvalue weighted by molar-refractivity contribution is 5.89. The van der Waals surface area contributed by atoms with Gasteiger partial charge < -0.3 is 4.90 Å². The summed E-state index contributed by atoms with van der Waals surface area (Å²) < 4.78 is 0. The molecule has 2 aliphatic rings. The van der Waals surface area contributed by atoms with E-state index in [1.54, 1.807) is 0 Å². The Kier molecular flexibility index (Phi) is 3.95. The smallest absolute Gasteiger partial charge is 0.0372 e. The number of hydrogen-bond donors (Lipinski definition) is 0. The Balaban J connectivity index is 1.54. The van der Waals surface area contributed by atoms with Gasteiger partial charge in [0.15, 0.2) is 0 Å². The molecule has 0 aromatic heterocycles. The molecule has 1 fully saturated rings. The SMILES string of the molecule is CCC1CCN(c2cccc(C3=Cc4ccccc4C3)c2)CC1. The first kappa shape index (κ1) is 14.6. The first-order valence-electron chi connectivity index (χ1n) is 8.97. The van der Waals surface area contributed by atoms with Crippen LogP contribution in [0.4, 0.5) is 5.69 Å². The molecule has 1 aliphatic heterocycles. The van der Waals surface area contributed by atoms with Gasteiger partial charge in [-0.1, -0.05) is 55.8 Å². The van der Waals surface area contributed by atoms with E-state index in [-0.39, 0.29) is 0 Å². The van der Waals surface area contributed by atoms with Crippen LogP contribution in [0, 0.1) is 5.92 Å². The van der Waals surface area contributed by atoms with Crippen molar-refractivity contribution in [3.63, 3.8) is 0 Å². The molecule has 1 heteroatoms. The van der Waals surface area contributed by atoms with Crippen LogP contribution in [0.25, 0.3) is 11.6 Å². The summed E-state index contributed by atoms with van der Waals surface area (Å²) in [5, 5.41) is 0. The third-order valence-electron chi connectivity index (χ3n) is 5.54. The number of rotatable bonds is 3. The number of anilines is 1. The molecule has 2 aromatic rings. The molecule has 2 aromatic carbocycles. The number of fused-ring (bicyclic) bond motifs is 1. The van der Waals surface area contributed by atoms with E-state index in [4.69, 9.17) is 0 Å². The van der Waals surface area contributed by atoms with E-state index in [0.29, 0.717) is 0 Å². The van der Waals surface area contributed by atoms with Gasteiger partial charge in [-0.15, -0.1) is 0 Å². The van der Waals surface area contributed by atoms with Gasteiger partial charge in [0.1, 0.15) is 0 Å². The van der Waals surface area contributed by atoms with E-state index in [0.717, 1.165) is 12.3 Å². The lowest BCUT2D eigenvalue weighted by Crippen LogP contribution is -2.33. The minimum atomic E-state index is 0.932. The Hall–Kier alpha value is -2.02. The molecule has 0 N–H and O–H groups in total. The summed E-state index contributed by atoms with van der Waals surface area (Å²) in [5.74, 6) is 0.932. The molecule has 1 heterocycles. The van der Waals surface area contributed by atoms with Gasteiger partial charge in [0.05, 0.1) is 0 Å². The largest absolute Gasteiger partial charge is 0.371 e. The van der Waals surface area contributed by atoms with Crippen molar-refractivity contribution in [2.75, 3.05) is 18.0 Å². The average Bonchev–Trinajstić information content (AvgIpc) is 3.06. The first-order valence-corrected chi connectivity index (χ1v) is 8.97. The number of benzene rings is 2. The Bertz CT molecular complexity index is 720. The monoisotopic (exact) mass is 303 g/mol. The second-order valence-corrected chi connectivity index (χ2v) is 6.93. The quantitative estimate of drug-likeness (QED) is 0.733. The fourth-order valence-corrected chi connectivity index (χ4v) is 3.97. The van der Waals surface area contributed by atoms with Crippen molar-refractivity contribution < 1.29 is 0 Å². The van der Waals surface area contributed by atoms with E-state index < -0.39 is 0 Å². The molecule has 23 heavy (non-hydrogen) atoms. The standard InChI is InChI=1S/C22H25N/c1-2-17-10-12-23(13-11-17)22-9-5-8-20(16-22)21-14-18-6-3-4-7-19(18)15-21/h3-9,14,16-17H,2,10-13,15H2,1H3. The van der Waals surface area contributed by atoms with E-state index in [2.05, 4.69) is 66.4 Å². The summed E-state index contributed by atoms with van der Waals surface area (Å²) in [6.07, 6.45) is 7.44. The van der Waals surface area contributed by atoms with Crippen molar-refractivity contribution in [2.24, 2.45) is 5.92 Å². The number of nitrogens with zero attached hydrogens (tertiary/aromatic N) is 1. The van der Waals surface area contributed by atoms with Crippen LogP contribution in [0.1, 0.15) is 42.9 Å². The van der Waals surface area contributed by atoms with Crippen molar-refractivity contribution in [3.8, 4) is 0 Å². The third kappa shape index (κ3) is 2.93. The van der Waals surface area contributed by atoms with Crippen LogP contribution < -0.4 is 4.90 Å². The van der Waals surface area contributed by atoms with Gasteiger partial charge in [-0.2, -0.15) is 0 Å². The van der Waals surface area contributed by atoms with Gasteiger partial charge in [-0.05, 0) is 59.6 Å². The molecular weight excluding hydrogens is 278 g/mol. The average molecular weight is 303 g/mol. The molecule has 0 atom stereocenters. The zero-order chi connectivity index (χ0) is 15.6. The Morgan fingerprint density at radius 1 is 1.00 bits per heavy atom. The first-order chi connectivity index (χ1) is 11.3. The van der Waals surface area contributed by atoms with Crippen LogP contribution >= 0.6 is 0 Å². The van der Waals surface area contributed by atoms with Crippen molar-refractivity contribution in [2.45, 2.75) is 32.6 Å². The van der Waals surface area contributed by atoms with Gasteiger partial charge in [-0.25, -0.2) is 0 Å². The minimum Gasteiger partial charge on any atom is -0.371 e. The summed E-state index contributed by atoms with van der Waals surface area (Å²) in [7, 11) is 0. The second kappa shape index (κ2) is 6.23. The third-order valence-corrected chi connectivity index (χ3v) is 5.54.